The van der Waals surface area contributed by atoms with Gasteiger partial charge in [-0.15, -0.1) is 0 Å². The molecule has 0 unspecified atom stereocenters. The Kier molecular flexibility index (Phi) is 4.35. The molecule has 0 spiro atoms. The molecule has 0 aliphatic heterocycles. The standard InChI is InChI=1S/C14H23N5/c1-9(2)15-13-17-12(11-7-5-6-8-11)18-14(19-13)16-10(3)4/h7,9-10H,5-6,8H2,1-4H3,(H2,15,16,17,18,19). The van der Waals surface area contributed by atoms with Crippen molar-refractivity contribution in [3.8, 4) is 0 Å². The number of anilines is 2. The first kappa shape index (κ1) is 13.8. The minimum Gasteiger partial charge on any atom is -0.352 e. The van der Waals surface area contributed by atoms with Gasteiger partial charge in [-0.1, -0.05) is 6.08 Å². The lowest BCUT2D eigenvalue weighted by Gasteiger charge is -2.13. The Labute approximate surface area is 115 Å². The molecule has 0 bridgehead atoms. The Morgan fingerprint density at radius 3 is 1.95 bits per heavy atom. The van der Waals surface area contributed by atoms with Gasteiger partial charge in [-0.3, -0.25) is 0 Å². The van der Waals surface area contributed by atoms with Crippen LogP contribution in [0.25, 0.3) is 5.57 Å². The zero-order chi connectivity index (χ0) is 13.8. The van der Waals surface area contributed by atoms with Crippen LogP contribution in [-0.2, 0) is 0 Å². The van der Waals surface area contributed by atoms with Crippen LogP contribution in [0.4, 0.5) is 11.9 Å². The second-order valence-corrected chi connectivity index (χ2v) is 5.53. The highest BCUT2D eigenvalue weighted by molar-refractivity contribution is 5.63. The third-order valence-corrected chi connectivity index (χ3v) is 2.80. The Bertz CT molecular complexity index is 437. The van der Waals surface area contributed by atoms with Gasteiger partial charge in [-0.25, -0.2) is 0 Å². The molecule has 1 aromatic rings. The number of nitrogens with zero attached hydrogens (tertiary/aromatic N) is 3. The molecule has 0 amide bonds. The van der Waals surface area contributed by atoms with Crippen LogP contribution >= 0.6 is 0 Å². The largest absolute Gasteiger partial charge is 0.352 e. The molecule has 1 aromatic heterocycles. The van der Waals surface area contributed by atoms with Gasteiger partial charge in [0.2, 0.25) is 11.9 Å². The van der Waals surface area contributed by atoms with Crippen molar-refractivity contribution in [3.63, 3.8) is 0 Å². The summed E-state index contributed by atoms with van der Waals surface area (Å²) in [4.78, 5) is 13.5. The van der Waals surface area contributed by atoms with Crippen molar-refractivity contribution < 1.29 is 0 Å². The van der Waals surface area contributed by atoms with Crippen LogP contribution in [0.2, 0.25) is 0 Å². The summed E-state index contributed by atoms with van der Waals surface area (Å²) in [6.45, 7) is 8.31. The Morgan fingerprint density at radius 2 is 1.53 bits per heavy atom. The fourth-order valence-corrected chi connectivity index (χ4v) is 2.04. The number of aromatic nitrogens is 3. The number of rotatable bonds is 5. The molecule has 5 nitrogen and oxygen atoms in total. The molecule has 0 saturated carbocycles. The van der Waals surface area contributed by atoms with Crippen molar-refractivity contribution in [1.29, 1.82) is 0 Å². The lowest BCUT2D eigenvalue weighted by Crippen LogP contribution is -2.18. The van der Waals surface area contributed by atoms with Crippen molar-refractivity contribution >= 4 is 17.5 Å². The predicted molar refractivity (Wildman–Crippen MR) is 79.2 cm³/mol. The second-order valence-electron chi connectivity index (χ2n) is 5.53. The molecular formula is C14H23N5. The van der Waals surface area contributed by atoms with Gasteiger partial charge in [0.05, 0.1) is 0 Å². The topological polar surface area (TPSA) is 62.7 Å². The third-order valence-electron chi connectivity index (χ3n) is 2.80. The fourth-order valence-electron chi connectivity index (χ4n) is 2.04. The van der Waals surface area contributed by atoms with Crippen LogP contribution in [0.3, 0.4) is 0 Å². The number of allylic oxidation sites excluding steroid dienone is 2. The summed E-state index contributed by atoms with van der Waals surface area (Å²) in [6, 6.07) is 0.611. The predicted octanol–water partition coefficient (Wildman–Crippen LogP) is 3.08. The van der Waals surface area contributed by atoms with Crippen LogP contribution in [-0.4, -0.2) is 27.0 Å². The van der Waals surface area contributed by atoms with Crippen LogP contribution in [0.1, 0.15) is 52.8 Å². The minimum atomic E-state index is 0.305. The first-order valence-corrected chi connectivity index (χ1v) is 7.03. The van der Waals surface area contributed by atoms with Crippen molar-refractivity contribution in [1.82, 2.24) is 15.0 Å². The summed E-state index contributed by atoms with van der Waals surface area (Å²) in [5.41, 5.74) is 1.24. The SMILES string of the molecule is CC(C)Nc1nc(NC(C)C)nc(C2=CCCC2)n1. The van der Waals surface area contributed by atoms with Gasteiger partial charge in [0.1, 0.15) is 0 Å². The van der Waals surface area contributed by atoms with E-state index in [4.69, 9.17) is 0 Å². The first-order valence-electron chi connectivity index (χ1n) is 7.03. The van der Waals surface area contributed by atoms with Gasteiger partial charge in [0, 0.05) is 12.1 Å². The molecule has 1 heterocycles. The highest BCUT2D eigenvalue weighted by atomic mass is 15.2. The van der Waals surface area contributed by atoms with E-state index < -0.39 is 0 Å². The molecule has 104 valence electrons. The molecule has 1 aliphatic carbocycles. The Hall–Kier alpha value is -1.65. The summed E-state index contributed by atoms with van der Waals surface area (Å²) in [6.07, 6.45) is 5.61. The maximum absolute atomic E-state index is 4.52. The normalized spacial score (nSPS) is 14.9. The monoisotopic (exact) mass is 261 g/mol. The van der Waals surface area contributed by atoms with E-state index in [0.717, 1.165) is 18.7 Å². The van der Waals surface area contributed by atoms with E-state index in [2.05, 4.69) is 59.4 Å². The van der Waals surface area contributed by atoms with Crippen molar-refractivity contribution in [2.24, 2.45) is 0 Å². The average Bonchev–Trinajstić information content (AvgIpc) is 2.79. The molecule has 2 rings (SSSR count). The van der Waals surface area contributed by atoms with Crippen LogP contribution in [0, 0.1) is 0 Å². The summed E-state index contributed by atoms with van der Waals surface area (Å²) in [5.74, 6) is 2.10. The van der Waals surface area contributed by atoms with Crippen LogP contribution < -0.4 is 10.6 Å². The second kappa shape index (κ2) is 5.99. The maximum Gasteiger partial charge on any atom is 0.228 e. The summed E-state index contributed by atoms with van der Waals surface area (Å²) >= 11 is 0. The lowest BCUT2D eigenvalue weighted by atomic mass is 10.2. The first-order chi connectivity index (χ1) is 9.04. The zero-order valence-corrected chi connectivity index (χ0v) is 12.2. The molecule has 0 atom stereocenters. The minimum absolute atomic E-state index is 0.305. The Balaban J connectivity index is 2.30. The van der Waals surface area contributed by atoms with Gasteiger partial charge < -0.3 is 10.6 Å². The van der Waals surface area contributed by atoms with E-state index in [1.807, 2.05) is 0 Å². The smallest absolute Gasteiger partial charge is 0.228 e. The molecule has 1 aliphatic rings. The molecule has 0 radical (unpaired) electrons. The number of nitrogens with one attached hydrogen (secondary N) is 2. The summed E-state index contributed by atoms with van der Waals surface area (Å²) in [5, 5.41) is 6.51. The van der Waals surface area contributed by atoms with Gasteiger partial charge >= 0.3 is 0 Å². The third kappa shape index (κ3) is 3.91. The number of hydrogen-bond acceptors (Lipinski definition) is 5. The van der Waals surface area contributed by atoms with Crippen molar-refractivity contribution in [2.45, 2.75) is 59.0 Å². The van der Waals surface area contributed by atoms with Crippen molar-refractivity contribution in [2.75, 3.05) is 10.6 Å². The highest BCUT2D eigenvalue weighted by Gasteiger charge is 2.14. The maximum atomic E-state index is 4.52. The van der Waals surface area contributed by atoms with Crippen molar-refractivity contribution in [3.05, 3.63) is 11.9 Å². The van der Waals surface area contributed by atoms with Gasteiger partial charge in [0.15, 0.2) is 5.82 Å². The summed E-state index contributed by atoms with van der Waals surface area (Å²) in [7, 11) is 0. The van der Waals surface area contributed by atoms with Gasteiger partial charge in [-0.2, -0.15) is 15.0 Å². The van der Waals surface area contributed by atoms with E-state index in [0.29, 0.717) is 24.0 Å². The average molecular weight is 261 g/mol. The molecular weight excluding hydrogens is 238 g/mol. The quantitative estimate of drug-likeness (QED) is 0.853. The van der Waals surface area contributed by atoms with Gasteiger partial charge in [0.25, 0.3) is 0 Å². The summed E-state index contributed by atoms with van der Waals surface area (Å²) < 4.78 is 0. The van der Waals surface area contributed by atoms with E-state index in [1.54, 1.807) is 0 Å². The van der Waals surface area contributed by atoms with E-state index >= 15 is 0 Å². The molecule has 19 heavy (non-hydrogen) atoms. The van der Waals surface area contributed by atoms with Crippen LogP contribution in [0.5, 0.6) is 0 Å². The molecule has 2 N–H and O–H groups in total. The zero-order valence-electron chi connectivity index (χ0n) is 12.2. The van der Waals surface area contributed by atoms with E-state index in [-0.39, 0.29) is 0 Å². The fraction of sp³-hybridized carbons (Fsp3) is 0.643. The molecule has 0 saturated heterocycles. The highest BCUT2D eigenvalue weighted by Crippen LogP contribution is 2.26. The van der Waals surface area contributed by atoms with Gasteiger partial charge in [-0.05, 0) is 52.5 Å². The number of hydrogen-bond donors (Lipinski definition) is 2. The van der Waals surface area contributed by atoms with E-state index in [1.165, 1.54) is 12.0 Å². The molecule has 5 heteroatoms. The Morgan fingerprint density at radius 1 is 0.947 bits per heavy atom. The molecule has 0 fully saturated rings. The lowest BCUT2D eigenvalue weighted by molar-refractivity contribution is 0.838. The molecule has 0 aromatic carbocycles. The van der Waals surface area contributed by atoms with Crippen LogP contribution in [0.15, 0.2) is 6.08 Å². The van der Waals surface area contributed by atoms with E-state index in [9.17, 15) is 0 Å².